The van der Waals surface area contributed by atoms with Crippen molar-refractivity contribution >= 4 is 17.7 Å². The predicted molar refractivity (Wildman–Crippen MR) is 68.6 cm³/mol. The Morgan fingerprint density at radius 3 is 2.69 bits per heavy atom. The van der Waals surface area contributed by atoms with Crippen LogP contribution in [0.1, 0.15) is 30.4 Å². The molecule has 1 aliphatic carbocycles. The number of hydrogen-bond acceptors (Lipinski definition) is 1. The van der Waals surface area contributed by atoms with Gasteiger partial charge in [-0.2, -0.15) is 0 Å². The van der Waals surface area contributed by atoms with E-state index in [2.05, 4.69) is 17.0 Å². The van der Waals surface area contributed by atoms with Gasteiger partial charge in [0.1, 0.15) is 0 Å². The Labute approximate surface area is 102 Å². The van der Waals surface area contributed by atoms with Gasteiger partial charge in [0.25, 0.3) is 0 Å². The number of halogens is 1. The molecule has 1 nitrogen and oxygen atoms in total. The van der Waals surface area contributed by atoms with Gasteiger partial charge < -0.3 is 4.90 Å². The van der Waals surface area contributed by atoms with Crippen molar-refractivity contribution in [2.24, 2.45) is 0 Å². The molecule has 0 aromatic heterocycles. The van der Waals surface area contributed by atoms with E-state index >= 15 is 0 Å². The molecule has 0 unspecified atom stereocenters. The molecule has 0 N–H and O–H groups in total. The van der Waals surface area contributed by atoms with Crippen LogP contribution >= 0.6 is 11.6 Å². The first kappa shape index (κ1) is 10.2. The number of nitrogens with zero attached hydrogens (tertiary/aromatic N) is 1. The van der Waals surface area contributed by atoms with E-state index in [1.807, 2.05) is 12.1 Å². The smallest absolute Gasteiger partial charge is 0.0444 e. The fraction of sp³-hybridized carbons (Fsp3) is 0.429. The second-order valence-electron chi connectivity index (χ2n) is 4.64. The van der Waals surface area contributed by atoms with Gasteiger partial charge in [0, 0.05) is 23.8 Å². The molecule has 1 saturated heterocycles. The van der Waals surface area contributed by atoms with E-state index < -0.39 is 0 Å². The topological polar surface area (TPSA) is 3.24 Å². The first-order valence-electron chi connectivity index (χ1n) is 6.07. The van der Waals surface area contributed by atoms with Crippen molar-refractivity contribution in [2.75, 3.05) is 13.1 Å². The van der Waals surface area contributed by atoms with Gasteiger partial charge in [-0.1, -0.05) is 23.7 Å². The van der Waals surface area contributed by atoms with Gasteiger partial charge in [-0.25, -0.2) is 0 Å². The highest BCUT2D eigenvalue weighted by Crippen LogP contribution is 2.31. The van der Waals surface area contributed by atoms with Crippen molar-refractivity contribution < 1.29 is 0 Å². The lowest BCUT2D eigenvalue weighted by Gasteiger charge is -2.26. The molecule has 1 fully saturated rings. The summed E-state index contributed by atoms with van der Waals surface area (Å²) in [5, 5.41) is 0.925. The van der Waals surface area contributed by atoms with Gasteiger partial charge in [0.05, 0.1) is 0 Å². The van der Waals surface area contributed by atoms with Crippen LogP contribution in [0.2, 0.25) is 5.02 Å². The molecule has 0 bridgehead atoms. The predicted octanol–water partition coefficient (Wildman–Crippen LogP) is 3.72. The summed E-state index contributed by atoms with van der Waals surface area (Å²) in [6.45, 7) is 2.48. The van der Waals surface area contributed by atoms with Gasteiger partial charge in [-0.3, -0.25) is 0 Å². The third-order valence-corrected chi connectivity index (χ3v) is 3.97. The number of fused-ring (bicyclic) bond motifs is 1. The normalized spacial score (nSPS) is 19.6. The van der Waals surface area contributed by atoms with Crippen molar-refractivity contribution in [1.82, 2.24) is 4.90 Å². The summed E-state index contributed by atoms with van der Waals surface area (Å²) >= 11 is 6.21. The first-order chi connectivity index (χ1) is 7.84. The Hall–Kier alpha value is -0.950. The number of benzene rings is 1. The summed E-state index contributed by atoms with van der Waals surface area (Å²) in [5.41, 5.74) is 4.15. The van der Waals surface area contributed by atoms with Crippen molar-refractivity contribution in [3.05, 3.63) is 40.0 Å². The lowest BCUT2D eigenvalue weighted by atomic mass is 9.95. The van der Waals surface area contributed by atoms with E-state index in [1.54, 1.807) is 0 Å². The zero-order valence-corrected chi connectivity index (χ0v) is 10.1. The molecule has 1 heterocycles. The zero-order valence-electron chi connectivity index (χ0n) is 9.38. The Morgan fingerprint density at radius 2 is 1.88 bits per heavy atom. The number of rotatable bonds is 1. The summed E-state index contributed by atoms with van der Waals surface area (Å²) < 4.78 is 0. The van der Waals surface area contributed by atoms with Crippen LogP contribution in [0.15, 0.2) is 23.9 Å². The molecule has 0 radical (unpaired) electrons. The molecule has 0 atom stereocenters. The van der Waals surface area contributed by atoms with Gasteiger partial charge in [-0.05, 0) is 49.0 Å². The fourth-order valence-corrected chi connectivity index (χ4v) is 3.01. The summed E-state index contributed by atoms with van der Waals surface area (Å²) in [5.74, 6) is 0. The maximum absolute atomic E-state index is 6.21. The Bertz CT molecular complexity index is 430. The van der Waals surface area contributed by atoms with E-state index in [0.717, 1.165) is 17.9 Å². The van der Waals surface area contributed by atoms with Crippen LogP contribution < -0.4 is 0 Å². The number of likely N-dealkylation sites (tertiary alicyclic amines) is 1. The summed E-state index contributed by atoms with van der Waals surface area (Å²) in [7, 11) is 0. The summed E-state index contributed by atoms with van der Waals surface area (Å²) in [6, 6.07) is 6.22. The standard InChI is InChI=1S/C14H16ClN/c15-14-5-3-4-11-10-12(6-7-13(11)14)16-8-1-2-9-16/h3-5,10H,1-2,6-9H2. The van der Waals surface area contributed by atoms with Crippen LogP contribution in [-0.2, 0) is 6.42 Å². The maximum atomic E-state index is 6.21. The molecule has 1 aromatic rings. The van der Waals surface area contributed by atoms with Crippen LogP contribution in [-0.4, -0.2) is 18.0 Å². The average molecular weight is 234 g/mol. The van der Waals surface area contributed by atoms with Crippen LogP contribution in [0.25, 0.3) is 6.08 Å². The number of allylic oxidation sites excluding steroid dienone is 1. The van der Waals surface area contributed by atoms with Gasteiger partial charge in [0.2, 0.25) is 0 Å². The van der Waals surface area contributed by atoms with E-state index in [-0.39, 0.29) is 0 Å². The molecule has 0 saturated carbocycles. The van der Waals surface area contributed by atoms with Crippen LogP contribution in [0.5, 0.6) is 0 Å². The SMILES string of the molecule is Clc1cccc2c1CCC(N1CCCC1)=C2. The van der Waals surface area contributed by atoms with Gasteiger partial charge >= 0.3 is 0 Å². The highest BCUT2D eigenvalue weighted by molar-refractivity contribution is 6.31. The molecule has 0 spiro atoms. The molecule has 1 aliphatic heterocycles. The minimum atomic E-state index is 0.925. The summed E-state index contributed by atoms with van der Waals surface area (Å²) in [6.07, 6.45) is 7.27. The minimum absolute atomic E-state index is 0.925. The quantitative estimate of drug-likeness (QED) is 0.715. The third-order valence-electron chi connectivity index (χ3n) is 3.62. The molecule has 3 rings (SSSR count). The van der Waals surface area contributed by atoms with Crippen molar-refractivity contribution in [1.29, 1.82) is 0 Å². The van der Waals surface area contributed by atoms with E-state index in [4.69, 9.17) is 11.6 Å². The van der Waals surface area contributed by atoms with Crippen molar-refractivity contribution in [3.8, 4) is 0 Å². The molecule has 2 heteroatoms. The highest BCUT2D eigenvalue weighted by Gasteiger charge is 2.19. The summed E-state index contributed by atoms with van der Waals surface area (Å²) in [4.78, 5) is 2.53. The highest BCUT2D eigenvalue weighted by atomic mass is 35.5. The fourth-order valence-electron chi connectivity index (χ4n) is 2.73. The maximum Gasteiger partial charge on any atom is 0.0444 e. The van der Waals surface area contributed by atoms with Gasteiger partial charge in [0.15, 0.2) is 0 Å². The Morgan fingerprint density at radius 1 is 1.06 bits per heavy atom. The Kier molecular flexibility index (Phi) is 2.64. The molecular formula is C14H16ClN. The molecule has 84 valence electrons. The van der Waals surface area contributed by atoms with E-state index in [1.165, 1.54) is 42.8 Å². The molecule has 2 aliphatic rings. The lowest BCUT2D eigenvalue weighted by Crippen LogP contribution is -2.20. The molecule has 16 heavy (non-hydrogen) atoms. The molecule has 1 aromatic carbocycles. The minimum Gasteiger partial charge on any atom is -0.375 e. The lowest BCUT2D eigenvalue weighted by molar-refractivity contribution is 0.411. The van der Waals surface area contributed by atoms with E-state index in [9.17, 15) is 0 Å². The molecule has 0 amide bonds. The van der Waals surface area contributed by atoms with Crippen LogP contribution in [0.4, 0.5) is 0 Å². The van der Waals surface area contributed by atoms with E-state index in [0.29, 0.717) is 0 Å². The monoisotopic (exact) mass is 233 g/mol. The second kappa shape index (κ2) is 4.14. The third kappa shape index (κ3) is 1.73. The Balaban J connectivity index is 1.94. The molecular weight excluding hydrogens is 218 g/mol. The zero-order chi connectivity index (χ0) is 11.0. The first-order valence-corrected chi connectivity index (χ1v) is 6.45. The van der Waals surface area contributed by atoms with Crippen LogP contribution in [0.3, 0.4) is 0 Å². The second-order valence-corrected chi connectivity index (χ2v) is 5.04. The average Bonchev–Trinajstić information content (AvgIpc) is 2.82. The van der Waals surface area contributed by atoms with Crippen molar-refractivity contribution in [3.63, 3.8) is 0 Å². The number of hydrogen-bond donors (Lipinski definition) is 0. The van der Waals surface area contributed by atoms with Crippen molar-refractivity contribution in [2.45, 2.75) is 25.7 Å². The largest absolute Gasteiger partial charge is 0.375 e. The van der Waals surface area contributed by atoms with Gasteiger partial charge in [-0.15, -0.1) is 0 Å². The van der Waals surface area contributed by atoms with Crippen LogP contribution in [0, 0.1) is 0 Å².